The van der Waals surface area contributed by atoms with Crippen LogP contribution in [-0.4, -0.2) is 31.0 Å². The second kappa shape index (κ2) is 7.33. The molecular formula is C26H18F3N5O2. The largest absolute Gasteiger partial charge is 0.489 e. The molecule has 0 saturated heterocycles. The minimum atomic E-state index is -4.40. The predicted octanol–water partition coefficient (Wildman–Crippen LogP) is 6.11. The van der Waals surface area contributed by atoms with E-state index in [0.29, 0.717) is 28.5 Å². The van der Waals surface area contributed by atoms with Crippen LogP contribution in [0.25, 0.3) is 22.4 Å². The molecule has 1 aliphatic carbocycles. The summed E-state index contributed by atoms with van der Waals surface area (Å²) in [5, 5.41) is 0. The van der Waals surface area contributed by atoms with E-state index < -0.39 is 11.7 Å². The molecule has 1 aliphatic heterocycles. The molecule has 0 amide bonds. The number of aromatic nitrogens is 5. The van der Waals surface area contributed by atoms with Crippen LogP contribution in [0, 0.1) is 6.92 Å². The Kier molecular flexibility index (Phi) is 4.27. The molecule has 7 nitrogen and oxygen atoms in total. The zero-order valence-corrected chi connectivity index (χ0v) is 18.8. The number of ether oxygens (including phenoxy) is 2. The normalized spacial score (nSPS) is 20.2. The molecule has 0 spiro atoms. The average molecular weight is 489 g/mol. The molecule has 180 valence electrons. The zero-order valence-electron chi connectivity index (χ0n) is 18.8. The van der Waals surface area contributed by atoms with Gasteiger partial charge in [0.05, 0.1) is 33.9 Å². The van der Waals surface area contributed by atoms with Gasteiger partial charge in [0.15, 0.2) is 0 Å². The molecule has 3 unspecified atom stereocenters. The van der Waals surface area contributed by atoms with Crippen molar-refractivity contribution in [1.29, 1.82) is 0 Å². The number of nitrogens with zero attached hydrogens (tertiary/aromatic N) is 3. The van der Waals surface area contributed by atoms with Gasteiger partial charge in [-0.05, 0) is 55.0 Å². The number of alkyl halides is 3. The Labute approximate surface area is 202 Å². The Balaban J connectivity index is 1.14. The molecule has 0 bridgehead atoms. The number of halogens is 3. The lowest BCUT2D eigenvalue weighted by Gasteiger charge is -2.10. The van der Waals surface area contributed by atoms with Crippen molar-refractivity contribution in [2.75, 3.05) is 0 Å². The summed E-state index contributed by atoms with van der Waals surface area (Å²) < 4.78 is 51.3. The van der Waals surface area contributed by atoms with Crippen molar-refractivity contribution in [2.45, 2.75) is 31.0 Å². The van der Waals surface area contributed by atoms with Gasteiger partial charge in [0.25, 0.3) is 0 Å². The highest BCUT2D eigenvalue weighted by molar-refractivity contribution is 5.76. The van der Waals surface area contributed by atoms with E-state index in [1.54, 1.807) is 6.07 Å². The summed E-state index contributed by atoms with van der Waals surface area (Å²) in [7, 11) is 0. The lowest BCUT2D eigenvalue weighted by molar-refractivity contribution is -0.137. The van der Waals surface area contributed by atoms with E-state index in [1.807, 2.05) is 37.4 Å². The summed E-state index contributed by atoms with van der Waals surface area (Å²) in [5.74, 6) is 2.40. The Hall–Kier alpha value is -4.34. The third-order valence-corrected chi connectivity index (χ3v) is 6.67. The summed E-state index contributed by atoms with van der Waals surface area (Å²) >= 11 is 0. The number of aromatic amines is 2. The highest BCUT2D eigenvalue weighted by Crippen LogP contribution is 2.63. The van der Waals surface area contributed by atoms with Crippen LogP contribution >= 0.6 is 0 Å². The van der Waals surface area contributed by atoms with E-state index in [2.05, 4.69) is 24.9 Å². The van der Waals surface area contributed by atoms with Gasteiger partial charge in [0.2, 0.25) is 5.88 Å². The van der Waals surface area contributed by atoms with Crippen molar-refractivity contribution >= 4 is 11.0 Å². The summed E-state index contributed by atoms with van der Waals surface area (Å²) in [6, 6.07) is 12.9. The fourth-order valence-electron chi connectivity index (χ4n) is 4.91. The molecule has 1 saturated carbocycles. The van der Waals surface area contributed by atoms with Gasteiger partial charge >= 0.3 is 6.18 Å². The topological polar surface area (TPSA) is 88.7 Å². The van der Waals surface area contributed by atoms with E-state index >= 15 is 0 Å². The van der Waals surface area contributed by atoms with Crippen molar-refractivity contribution < 1.29 is 22.6 Å². The fraction of sp³-hybridized carbons (Fsp3) is 0.192. The van der Waals surface area contributed by atoms with Crippen LogP contribution < -0.4 is 9.47 Å². The molecule has 7 rings (SSSR count). The minimum absolute atomic E-state index is 0.0500. The summed E-state index contributed by atoms with van der Waals surface area (Å²) in [4.78, 5) is 19.3. The van der Waals surface area contributed by atoms with Crippen molar-refractivity contribution in [3.05, 3.63) is 83.6 Å². The van der Waals surface area contributed by atoms with Gasteiger partial charge in [-0.25, -0.2) is 15.0 Å². The molecule has 2 aliphatic rings. The molecular weight excluding hydrogens is 471 g/mol. The van der Waals surface area contributed by atoms with E-state index in [9.17, 15) is 13.2 Å². The van der Waals surface area contributed by atoms with E-state index in [1.165, 1.54) is 12.4 Å². The maximum absolute atomic E-state index is 13.1. The van der Waals surface area contributed by atoms with Crippen molar-refractivity contribution in [3.63, 3.8) is 0 Å². The first-order valence-electron chi connectivity index (χ1n) is 11.4. The fourth-order valence-corrected chi connectivity index (χ4v) is 4.91. The molecule has 2 aromatic carbocycles. The van der Waals surface area contributed by atoms with Crippen LogP contribution in [0.5, 0.6) is 17.4 Å². The number of imidazole rings is 1. The van der Waals surface area contributed by atoms with Crippen molar-refractivity contribution in [2.24, 2.45) is 0 Å². The Morgan fingerprint density at radius 2 is 1.89 bits per heavy atom. The van der Waals surface area contributed by atoms with Gasteiger partial charge < -0.3 is 19.4 Å². The number of benzene rings is 2. The lowest BCUT2D eigenvalue weighted by atomic mass is 10.1. The highest BCUT2D eigenvalue weighted by atomic mass is 19.4. The van der Waals surface area contributed by atoms with Gasteiger partial charge in [0, 0.05) is 23.7 Å². The van der Waals surface area contributed by atoms with E-state index in [-0.39, 0.29) is 17.9 Å². The minimum Gasteiger partial charge on any atom is -0.489 e. The molecule has 5 aromatic rings. The van der Waals surface area contributed by atoms with Crippen LogP contribution in [0.4, 0.5) is 13.2 Å². The molecule has 4 heterocycles. The van der Waals surface area contributed by atoms with Crippen LogP contribution in [0.2, 0.25) is 0 Å². The Bertz CT molecular complexity index is 1640. The van der Waals surface area contributed by atoms with Gasteiger partial charge in [0.1, 0.15) is 29.8 Å². The quantitative estimate of drug-likeness (QED) is 0.318. The molecule has 1 fully saturated rings. The monoisotopic (exact) mass is 489 g/mol. The molecule has 0 radical (unpaired) electrons. The first kappa shape index (κ1) is 21.0. The standard InChI is InChI=1S/C26H18F3N5O2/c1-12-6-17(30-10-12)18-9-21(32-11-31-18)35-14-3-5-20-15(8-14)22-23(24(22)36-20)25-33-16-4-2-13(26(27,28)29)7-19(16)34-25/h2-11,22-24,30H,1H3,(H,33,34). The van der Waals surface area contributed by atoms with Gasteiger partial charge in [-0.3, -0.25) is 0 Å². The summed E-state index contributed by atoms with van der Waals surface area (Å²) in [5.41, 5.74) is 3.83. The second-order valence-corrected chi connectivity index (χ2v) is 9.12. The van der Waals surface area contributed by atoms with Gasteiger partial charge in [-0.2, -0.15) is 13.2 Å². The van der Waals surface area contributed by atoms with Crippen LogP contribution in [-0.2, 0) is 6.18 Å². The summed E-state index contributed by atoms with van der Waals surface area (Å²) in [6.07, 6.45) is -1.16. The SMILES string of the molecule is Cc1c[nH]c(-c2cc(Oc3ccc4c(c3)C3C(O4)C3c3nc4ccc(C(F)(F)F)cc4[nH]3)ncn2)c1. The van der Waals surface area contributed by atoms with Crippen LogP contribution in [0.15, 0.2) is 61.1 Å². The third-order valence-electron chi connectivity index (χ3n) is 6.67. The van der Waals surface area contributed by atoms with Crippen LogP contribution in [0.1, 0.15) is 34.4 Å². The first-order chi connectivity index (χ1) is 17.3. The molecule has 3 aromatic heterocycles. The zero-order chi connectivity index (χ0) is 24.6. The average Bonchev–Trinajstić information content (AvgIpc) is 3.18. The molecule has 10 heteroatoms. The first-order valence-corrected chi connectivity index (χ1v) is 11.4. The molecule has 36 heavy (non-hydrogen) atoms. The molecule has 3 atom stereocenters. The highest BCUT2D eigenvalue weighted by Gasteiger charge is 2.61. The molecule has 2 N–H and O–H groups in total. The number of hydrogen-bond acceptors (Lipinski definition) is 5. The number of nitrogens with one attached hydrogen (secondary N) is 2. The maximum Gasteiger partial charge on any atom is 0.416 e. The maximum atomic E-state index is 13.1. The smallest absolute Gasteiger partial charge is 0.416 e. The Morgan fingerprint density at radius 1 is 1.00 bits per heavy atom. The summed E-state index contributed by atoms with van der Waals surface area (Å²) in [6.45, 7) is 1.99. The number of rotatable bonds is 4. The van der Waals surface area contributed by atoms with E-state index in [0.717, 1.165) is 40.4 Å². The van der Waals surface area contributed by atoms with Gasteiger partial charge in [-0.1, -0.05) is 0 Å². The third kappa shape index (κ3) is 3.40. The van der Waals surface area contributed by atoms with E-state index in [4.69, 9.17) is 9.47 Å². The predicted molar refractivity (Wildman–Crippen MR) is 124 cm³/mol. The van der Waals surface area contributed by atoms with Crippen molar-refractivity contribution in [1.82, 2.24) is 24.9 Å². The lowest BCUT2D eigenvalue weighted by Crippen LogP contribution is -2.04. The Morgan fingerprint density at radius 3 is 2.69 bits per heavy atom. The van der Waals surface area contributed by atoms with Crippen LogP contribution in [0.3, 0.4) is 0 Å². The number of aryl methyl sites for hydroxylation is 1. The number of fused-ring (bicyclic) bond motifs is 4. The number of hydrogen-bond donors (Lipinski definition) is 2. The van der Waals surface area contributed by atoms with Gasteiger partial charge in [-0.15, -0.1) is 0 Å². The number of H-pyrrole nitrogens is 2. The second-order valence-electron chi connectivity index (χ2n) is 9.12. The van der Waals surface area contributed by atoms with Crippen molar-refractivity contribution in [3.8, 4) is 28.8 Å².